The maximum atomic E-state index is 13.8. The normalized spacial score (nSPS) is 16.1. The highest BCUT2D eigenvalue weighted by atomic mass is 19.3. The second-order valence-corrected chi connectivity index (χ2v) is 8.67. The molecule has 0 bridgehead atoms. The molecule has 0 saturated carbocycles. The number of aliphatic imine (C=N–C) groups is 1. The van der Waals surface area contributed by atoms with Crippen molar-refractivity contribution in [3.8, 4) is 0 Å². The number of amidine groups is 1. The number of nitrogens with zero attached hydrogens (tertiary/aromatic N) is 2. The van der Waals surface area contributed by atoms with Crippen LogP contribution in [0, 0.1) is 12.3 Å². The maximum absolute atomic E-state index is 13.8. The van der Waals surface area contributed by atoms with Crippen LogP contribution in [0.4, 0.5) is 14.5 Å². The minimum absolute atomic E-state index is 0.0399. The van der Waals surface area contributed by atoms with E-state index in [1.54, 1.807) is 38.8 Å². The van der Waals surface area contributed by atoms with Crippen LogP contribution in [0.15, 0.2) is 34.6 Å². The number of amides is 1. The molecule has 1 fully saturated rings. The second kappa shape index (κ2) is 12.1. The zero-order chi connectivity index (χ0) is 25.5. The monoisotopic (exact) mass is 477 g/mol. The van der Waals surface area contributed by atoms with Gasteiger partial charge < -0.3 is 20.3 Å². The van der Waals surface area contributed by atoms with Crippen molar-refractivity contribution in [3.05, 3.63) is 40.7 Å². The fourth-order valence-electron chi connectivity index (χ4n) is 3.72. The lowest BCUT2D eigenvalue weighted by Gasteiger charge is -2.28. The zero-order valence-corrected chi connectivity index (χ0v) is 21.0. The molecule has 0 unspecified atom stereocenters. The van der Waals surface area contributed by atoms with Gasteiger partial charge in [-0.15, -0.1) is 0 Å². The number of ether oxygens (including phenoxy) is 1. The number of hydrogen-bond donors (Lipinski definition) is 3. The predicted molar refractivity (Wildman–Crippen MR) is 133 cm³/mol. The van der Waals surface area contributed by atoms with Gasteiger partial charge in [0.1, 0.15) is 11.4 Å². The van der Waals surface area contributed by atoms with E-state index in [1.807, 2.05) is 6.92 Å². The summed E-state index contributed by atoms with van der Waals surface area (Å²) < 4.78 is 33.0. The number of alkyl halides is 2. The number of carbonyl (C=O) groups excluding carboxylic acids is 1. The van der Waals surface area contributed by atoms with Crippen LogP contribution in [0.1, 0.15) is 58.1 Å². The number of nitrogens with one attached hydrogen (secondary N) is 3. The molecule has 188 valence electrons. The van der Waals surface area contributed by atoms with E-state index in [9.17, 15) is 13.6 Å². The van der Waals surface area contributed by atoms with Crippen molar-refractivity contribution in [2.45, 2.75) is 65.8 Å². The maximum Gasteiger partial charge on any atom is 0.270 e. The van der Waals surface area contributed by atoms with Crippen LogP contribution in [-0.2, 0) is 15.5 Å². The molecule has 1 amide bonds. The largest absolute Gasteiger partial charge is 0.390 e. The molecule has 1 aromatic rings. The van der Waals surface area contributed by atoms with Crippen LogP contribution in [-0.4, -0.2) is 50.3 Å². The SMILES string of the molecule is CCCN(C(=N)C(N=C(C)C(=O)NC1CCOCC1)=C(C)NC)c1ccc(C(C)(F)F)cc1C. The summed E-state index contributed by atoms with van der Waals surface area (Å²) in [5, 5.41) is 15.0. The van der Waals surface area contributed by atoms with E-state index in [4.69, 9.17) is 10.1 Å². The van der Waals surface area contributed by atoms with Crippen LogP contribution in [0.3, 0.4) is 0 Å². The van der Waals surface area contributed by atoms with Crippen LogP contribution in [0.2, 0.25) is 0 Å². The van der Waals surface area contributed by atoms with Gasteiger partial charge in [-0.1, -0.05) is 13.0 Å². The number of carbonyl (C=O) groups is 1. The van der Waals surface area contributed by atoms with Gasteiger partial charge in [0.05, 0.1) is 0 Å². The lowest BCUT2D eigenvalue weighted by atomic mass is 10.0. The number of aryl methyl sites for hydroxylation is 1. The number of benzene rings is 1. The zero-order valence-electron chi connectivity index (χ0n) is 21.0. The van der Waals surface area contributed by atoms with Gasteiger partial charge in [0, 0.05) is 56.7 Å². The van der Waals surface area contributed by atoms with Gasteiger partial charge >= 0.3 is 0 Å². The van der Waals surface area contributed by atoms with E-state index in [0.717, 1.165) is 26.2 Å². The first-order valence-corrected chi connectivity index (χ1v) is 11.7. The molecule has 9 heteroatoms. The first-order valence-electron chi connectivity index (χ1n) is 11.7. The van der Waals surface area contributed by atoms with Crippen molar-refractivity contribution in [3.63, 3.8) is 0 Å². The van der Waals surface area contributed by atoms with E-state index in [2.05, 4.69) is 15.6 Å². The molecule has 3 N–H and O–H groups in total. The first-order chi connectivity index (χ1) is 16.0. The van der Waals surface area contributed by atoms with Crippen molar-refractivity contribution in [2.75, 3.05) is 31.7 Å². The highest BCUT2D eigenvalue weighted by molar-refractivity contribution is 6.38. The summed E-state index contributed by atoms with van der Waals surface area (Å²) in [7, 11) is 1.73. The molecule has 1 aliphatic heterocycles. The molecule has 34 heavy (non-hydrogen) atoms. The molecule has 1 saturated heterocycles. The lowest BCUT2D eigenvalue weighted by Crippen LogP contribution is -2.42. The number of anilines is 1. The van der Waals surface area contributed by atoms with Gasteiger partial charge in [-0.25, -0.2) is 13.8 Å². The summed E-state index contributed by atoms with van der Waals surface area (Å²) >= 11 is 0. The fraction of sp³-hybridized carbons (Fsp3) is 0.560. The van der Waals surface area contributed by atoms with E-state index >= 15 is 0 Å². The minimum Gasteiger partial charge on any atom is -0.390 e. The molecule has 2 rings (SSSR count). The quantitative estimate of drug-likeness (QED) is 0.361. The summed E-state index contributed by atoms with van der Waals surface area (Å²) in [5.74, 6) is -3.14. The molecule has 0 atom stereocenters. The van der Waals surface area contributed by atoms with Gasteiger partial charge in [0.25, 0.3) is 11.8 Å². The molecule has 1 aliphatic rings. The van der Waals surface area contributed by atoms with Crippen LogP contribution in [0.5, 0.6) is 0 Å². The predicted octanol–water partition coefficient (Wildman–Crippen LogP) is 4.51. The van der Waals surface area contributed by atoms with Crippen molar-refractivity contribution < 1.29 is 18.3 Å². The van der Waals surface area contributed by atoms with Gasteiger partial charge in [-0.05, 0) is 57.7 Å². The summed E-state index contributed by atoms with van der Waals surface area (Å²) in [6.45, 7) is 9.73. The summed E-state index contributed by atoms with van der Waals surface area (Å²) in [6.07, 6.45) is 2.24. The molecule has 0 spiro atoms. The van der Waals surface area contributed by atoms with Crippen LogP contribution in [0.25, 0.3) is 0 Å². The molecule has 1 aromatic carbocycles. The lowest BCUT2D eigenvalue weighted by molar-refractivity contribution is -0.116. The second-order valence-electron chi connectivity index (χ2n) is 8.67. The third-order valence-electron chi connectivity index (χ3n) is 5.83. The Morgan fingerprint density at radius 2 is 1.94 bits per heavy atom. The molecular weight excluding hydrogens is 440 g/mol. The standard InChI is InChI=1S/C25H37F2N5O2/c1-7-12-32(21-9-8-19(15-16(21)2)25(5,26)27)23(28)22(17(3)29-6)30-18(4)24(33)31-20-10-13-34-14-11-20/h8-9,15,20,28-29H,7,10-14H2,1-6H3,(H,31,33). The Morgan fingerprint density at radius 1 is 1.29 bits per heavy atom. The average molecular weight is 478 g/mol. The first kappa shape index (κ1) is 27.4. The van der Waals surface area contributed by atoms with Crippen molar-refractivity contribution >= 4 is 23.1 Å². The highest BCUT2D eigenvalue weighted by Gasteiger charge is 2.26. The van der Waals surface area contributed by atoms with Crippen molar-refractivity contribution in [1.82, 2.24) is 10.6 Å². The Kier molecular flexibility index (Phi) is 9.73. The van der Waals surface area contributed by atoms with Gasteiger partial charge in [0.15, 0.2) is 5.84 Å². The number of rotatable bonds is 9. The third-order valence-corrected chi connectivity index (χ3v) is 5.83. The summed E-state index contributed by atoms with van der Waals surface area (Å²) in [5.41, 5.74) is 2.41. The van der Waals surface area contributed by atoms with Gasteiger partial charge in [-0.2, -0.15) is 0 Å². The smallest absolute Gasteiger partial charge is 0.270 e. The van der Waals surface area contributed by atoms with Gasteiger partial charge in [0.2, 0.25) is 0 Å². The molecule has 0 radical (unpaired) electrons. The summed E-state index contributed by atoms with van der Waals surface area (Å²) in [6, 6.07) is 4.50. The van der Waals surface area contributed by atoms with Crippen LogP contribution < -0.4 is 15.5 Å². The Bertz CT molecular complexity index is 947. The highest BCUT2D eigenvalue weighted by Crippen LogP contribution is 2.32. The van der Waals surface area contributed by atoms with E-state index in [-0.39, 0.29) is 29.1 Å². The fourth-order valence-corrected chi connectivity index (χ4v) is 3.72. The van der Waals surface area contributed by atoms with Crippen LogP contribution >= 0.6 is 0 Å². The molecule has 1 heterocycles. The van der Waals surface area contributed by atoms with Gasteiger partial charge in [-0.3, -0.25) is 10.2 Å². The van der Waals surface area contributed by atoms with Crippen molar-refractivity contribution in [2.24, 2.45) is 4.99 Å². The Balaban J connectivity index is 2.38. The molecule has 0 aromatic heterocycles. The average Bonchev–Trinajstić information content (AvgIpc) is 2.80. The minimum atomic E-state index is -2.95. The summed E-state index contributed by atoms with van der Waals surface area (Å²) in [4.78, 5) is 19.0. The Labute approximate surface area is 201 Å². The topological polar surface area (TPSA) is 89.8 Å². The Morgan fingerprint density at radius 3 is 2.47 bits per heavy atom. The number of hydrogen-bond acceptors (Lipinski definition) is 5. The van der Waals surface area contributed by atoms with E-state index in [1.165, 1.54) is 12.1 Å². The van der Waals surface area contributed by atoms with Crippen molar-refractivity contribution in [1.29, 1.82) is 5.41 Å². The molecule has 7 nitrogen and oxygen atoms in total. The number of allylic oxidation sites excluding steroid dienone is 1. The molecular formula is C25H37F2N5O2. The Hall–Kier alpha value is -2.81. The molecule has 0 aliphatic carbocycles. The number of halogens is 2. The van der Waals surface area contributed by atoms with E-state index in [0.29, 0.717) is 42.4 Å². The third kappa shape index (κ3) is 7.09. The van der Waals surface area contributed by atoms with E-state index < -0.39 is 5.92 Å².